The summed E-state index contributed by atoms with van der Waals surface area (Å²) in [7, 11) is 0. The summed E-state index contributed by atoms with van der Waals surface area (Å²) in [5.41, 5.74) is 31.7. The SMILES string of the molecule is CC1(C)C2Cc3cc(-c4[c-]cc5c(c4)OCCO5)ncc3C1C2.CC1(C)C2Cc3cc(-c4[c-]ccc5c4CCCC5)ncc3C1C2.FC1(F)c2c[c-]c(-c3cc4c(cn3)CCCC4)cc2C(F)(F)c2ccccc21.[Ir].[Ir].[Ir].[Ir].[Ir].[c-]1ccc2c(c1-c1cc3c(cn1)CCCC3)CCCC2.[c-]1ccc2c(c1-c1nccc3c1CCCC3)CCCC2. The third-order valence-corrected chi connectivity index (χ3v) is 28.4. The summed E-state index contributed by atoms with van der Waals surface area (Å²) < 4.78 is 71.4. The van der Waals surface area contributed by atoms with Crippen molar-refractivity contribution in [2.45, 2.75) is 231 Å². The van der Waals surface area contributed by atoms with Gasteiger partial charge in [-0.15, -0.1) is 146 Å². The number of aromatic nitrogens is 5. The number of ether oxygens (including phenoxy) is 2. The normalized spacial score (nSPS) is 20.5. The summed E-state index contributed by atoms with van der Waals surface area (Å²) in [4.78, 5) is 23.5. The van der Waals surface area contributed by atoms with E-state index >= 15 is 8.78 Å². The summed E-state index contributed by atoms with van der Waals surface area (Å²) in [5.74, 6) is -2.33. The fourth-order valence-electron chi connectivity index (χ4n) is 21.4. The molecule has 2 fully saturated rings. The van der Waals surface area contributed by atoms with Gasteiger partial charge in [-0.3, -0.25) is 0 Å². The molecule has 4 atom stereocenters. The van der Waals surface area contributed by atoms with Gasteiger partial charge in [-0.2, -0.15) is 8.78 Å². The van der Waals surface area contributed by atoms with E-state index in [4.69, 9.17) is 29.4 Å². The van der Waals surface area contributed by atoms with Crippen molar-refractivity contribution in [1.82, 2.24) is 24.9 Å². The zero-order valence-electron chi connectivity index (χ0n) is 68.1. The molecule has 0 saturated heterocycles. The number of rotatable bonds is 5. The first kappa shape index (κ1) is 88.9. The Morgan fingerprint density at radius 1 is 0.345 bits per heavy atom. The molecule has 0 spiro atoms. The summed E-state index contributed by atoms with van der Waals surface area (Å²) in [6.45, 7) is 10.9. The molecule has 11 aromatic rings. The number of alkyl halides is 4. The van der Waals surface area contributed by atoms with Crippen LogP contribution in [0.2, 0.25) is 0 Å². The van der Waals surface area contributed by atoms with Crippen molar-refractivity contribution in [2.24, 2.45) is 22.7 Å². The fraction of sp³-hybridized carbons (Fsp3) is 0.408. The first-order chi connectivity index (χ1) is 55.5. The van der Waals surface area contributed by atoms with Gasteiger partial charge in [0.05, 0.1) is 11.5 Å². The molecule has 0 N–H and O–H groups in total. The van der Waals surface area contributed by atoms with Gasteiger partial charge in [0, 0.05) is 143 Å². The van der Waals surface area contributed by atoms with Crippen molar-refractivity contribution in [2.75, 3.05) is 13.2 Å². The molecule has 6 heterocycles. The molecule has 5 radical (unpaired) electrons. The standard InChI is InChI=1S/C23H16F4N.C22H24N.C20H20NO2.2C19H20N.5Ir/c24-22(25)17-7-3-4-8-18(17)23(26,27)20-11-15(9-10-19(20)22)21-12-14-5-1-2-6-16(14)13-28-21;1-22(2)16-10-15-11-21(23-13-19(15)20(22)12-16)18-9-5-7-14-6-3-4-8-17(14)18;1-20(2)14-7-13-8-17(21-11-15(13)16(20)10-14)12-3-4-18-19(9-12)23-6-5-22-18;1-3-9-16-14(6-1)8-5-11-18(16)19-17-10-4-2-7-15(17)12-13-20-19;1-2-8-16-13-20-19(12-15(16)7-1)18-11-5-9-14-6-3-4-10-17(14)18;;;;;/h3-4,7-8,10-13H,1-2,5-6H2;5,7,11,13,16,20H,3-4,6,8,10,12H2,1-2H3;4,8-9,11,14,16H,5-7,10H2,1-2H3;5,8,12-13H,1-4,6-7,9-10H2;5,9,12-13H,1-4,6-8,10H2;;;;;/q5*-1;;;;;. The average Bonchev–Trinajstić information content (AvgIpc) is 0.723. The molecule has 5 aromatic heterocycles. The number of pyridine rings is 5. The first-order valence-electron chi connectivity index (χ1n) is 42.7. The van der Waals surface area contributed by atoms with Crippen molar-refractivity contribution < 1.29 is 128 Å². The van der Waals surface area contributed by atoms with Crippen LogP contribution in [-0.2, 0) is 202 Å². The van der Waals surface area contributed by atoms with Crippen LogP contribution < -0.4 is 9.47 Å². The van der Waals surface area contributed by atoms with Crippen molar-refractivity contribution in [3.63, 3.8) is 0 Å². The van der Waals surface area contributed by atoms with Crippen LogP contribution in [0, 0.1) is 53.0 Å². The minimum atomic E-state index is -3.51. The number of aryl methyl sites for hydroxylation is 8. The van der Waals surface area contributed by atoms with Gasteiger partial charge in [0.25, 0.3) is 11.8 Å². The van der Waals surface area contributed by atoms with E-state index in [0.29, 0.717) is 41.2 Å². The zero-order valence-corrected chi connectivity index (χ0v) is 80.1. The van der Waals surface area contributed by atoms with Crippen LogP contribution in [0.4, 0.5) is 17.6 Å². The Hall–Kier alpha value is -6.36. The summed E-state index contributed by atoms with van der Waals surface area (Å²) in [6, 6.07) is 51.4. The topological polar surface area (TPSA) is 82.9 Å². The van der Waals surface area contributed by atoms with Crippen molar-refractivity contribution in [3.05, 3.63) is 288 Å². The van der Waals surface area contributed by atoms with Crippen LogP contribution in [0.25, 0.3) is 56.3 Å². The number of benzene rings is 6. The smallest absolute Gasteiger partial charge is 0.283 e. The molecule has 7 nitrogen and oxygen atoms in total. The maximum atomic E-state index is 15.1. The molecule has 2 saturated carbocycles. The maximum absolute atomic E-state index is 15.1. The van der Waals surface area contributed by atoms with Gasteiger partial charge in [0.2, 0.25) is 0 Å². The third kappa shape index (κ3) is 17.2. The van der Waals surface area contributed by atoms with Gasteiger partial charge in [-0.25, -0.2) is 8.78 Å². The molecular weight excluding hydrogens is 2380 g/mol. The van der Waals surface area contributed by atoms with E-state index in [-0.39, 0.29) is 101 Å². The summed E-state index contributed by atoms with van der Waals surface area (Å²) >= 11 is 0. The Morgan fingerprint density at radius 3 is 1.25 bits per heavy atom. The number of halogens is 4. The Balaban J connectivity index is 0.000000121. The predicted molar refractivity (Wildman–Crippen MR) is 442 cm³/mol. The number of hydrogen-bond acceptors (Lipinski definition) is 7. The Bertz CT molecular complexity index is 5490. The Labute approximate surface area is 768 Å². The molecule has 0 amide bonds. The second-order valence-electron chi connectivity index (χ2n) is 35.5. The Morgan fingerprint density at radius 2 is 0.731 bits per heavy atom. The van der Waals surface area contributed by atoms with E-state index in [2.05, 4.69) is 142 Å². The number of nitrogens with zero attached hydrogens (tertiary/aromatic N) is 5. The van der Waals surface area contributed by atoms with Crippen LogP contribution in [-0.4, -0.2) is 38.1 Å². The first-order valence-corrected chi connectivity index (χ1v) is 42.7. The minimum absolute atomic E-state index is 0. The molecule has 4 unspecified atom stereocenters. The molecule has 25 rings (SSSR count). The molecule has 6 aromatic carbocycles. The maximum Gasteiger partial charge on any atom is 0.283 e. The third-order valence-electron chi connectivity index (χ3n) is 28.4. The second kappa shape index (κ2) is 37.2. The fourth-order valence-corrected chi connectivity index (χ4v) is 21.4. The van der Waals surface area contributed by atoms with Crippen molar-refractivity contribution >= 4 is 0 Å². The van der Waals surface area contributed by atoms with Crippen LogP contribution in [0.1, 0.15) is 241 Å². The largest absolute Gasteiger partial charge is 0.530 e. The van der Waals surface area contributed by atoms with Crippen molar-refractivity contribution in [1.29, 1.82) is 0 Å². The second-order valence-corrected chi connectivity index (χ2v) is 35.5. The molecular formula is C103H100F4Ir5N5O2-5. The quantitative estimate of drug-likeness (QED) is 0.125. The average molecular weight is 2480 g/mol. The molecule has 14 aliphatic rings. The van der Waals surface area contributed by atoms with E-state index in [9.17, 15) is 8.78 Å². The van der Waals surface area contributed by atoms with Gasteiger partial charge >= 0.3 is 0 Å². The monoisotopic (exact) mass is 2480 g/mol. The predicted octanol–water partition coefficient (Wildman–Crippen LogP) is 23.7. The van der Waals surface area contributed by atoms with Crippen LogP contribution in [0.15, 0.2) is 146 Å². The molecule has 1 aliphatic heterocycles. The van der Waals surface area contributed by atoms with Gasteiger partial charge in [-0.1, -0.05) is 162 Å². The number of hydrogen-bond donors (Lipinski definition) is 0. The zero-order chi connectivity index (χ0) is 77.5. The van der Waals surface area contributed by atoms with E-state index in [1.54, 1.807) is 11.8 Å². The molecule has 4 bridgehead atoms. The van der Waals surface area contributed by atoms with E-state index in [1.807, 2.05) is 24.4 Å². The van der Waals surface area contributed by atoms with E-state index in [1.165, 1.54) is 267 Å². The van der Waals surface area contributed by atoms with E-state index in [0.717, 1.165) is 107 Å². The molecule has 16 heteroatoms. The van der Waals surface area contributed by atoms with Crippen LogP contribution in [0.5, 0.6) is 11.5 Å². The minimum Gasteiger partial charge on any atom is -0.530 e. The van der Waals surface area contributed by atoms with E-state index < -0.39 is 34.1 Å². The summed E-state index contributed by atoms with van der Waals surface area (Å²) in [5, 5.41) is 0. The molecule has 13 aliphatic carbocycles. The summed E-state index contributed by atoms with van der Waals surface area (Å²) in [6.07, 6.45) is 44.6. The van der Waals surface area contributed by atoms with Gasteiger partial charge in [0.15, 0.2) is 0 Å². The van der Waals surface area contributed by atoms with Crippen LogP contribution in [0.3, 0.4) is 0 Å². The Kier molecular flexibility index (Phi) is 27.8. The van der Waals surface area contributed by atoms with Crippen molar-refractivity contribution in [3.8, 4) is 67.8 Å². The van der Waals surface area contributed by atoms with Gasteiger partial charge < -0.3 is 34.4 Å². The van der Waals surface area contributed by atoms with Gasteiger partial charge in [0.1, 0.15) is 13.2 Å². The number of fused-ring (bicyclic) bond motifs is 9. The molecule has 119 heavy (non-hydrogen) atoms. The van der Waals surface area contributed by atoms with Gasteiger partial charge in [-0.05, 0) is 236 Å². The van der Waals surface area contributed by atoms with Crippen LogP contribution >= 0.6 is 0 Å². The molecule has 627 valence electrons.